The molecule has 0 saturated carbocycles. The Hall–Kier alpha value is -3.13. The molecule has 0 heterocycles. The summed E-state index contributed by atoms with van der Waals surface area (Å²) in [6.45, 7) is 0. The minimum absolute atomic E-state index is 0.0217. The van der Waals surface area contributed by atoms with Crippen LogP contribution in [0.25, 0.3) is 26.6 Å². The van der Waals surface area contributed by atoms with E-state index in [4.69, 9.17) is 11.1 Å². The number of nitrogens with zero attached hydrogens (tertiary/aromatic N) is 6. The first-order valence-corrected chi connectivity index (χ1v) is 6.67. The second-order valence-corrected chi connectivity index (χ2v) is 5.24. The number of fused-ring (bicyclic) bond motifs is 1. The van der Waals surface area contributed by atoms with Gasteiger partial charge in [-0.25, -0.2) is 8.42 Å². The van der Waals surface area contributed by atoms with Crippen LogP contribution in [0.4, 0.5) is 0 Å². The minimum Gasteiger partial charge on any atom is -0.285 e. The molecule has 0 aliphatic heterocycles. The van der Waals surface area contributed by atoms with E-state index in [-0.39, 0.29) is 11.1 Å². The van der Waals surface area contributed by atoms with Crippen molar-refractivity contribution in [2.24, 2.45) is 9.63 Å². The number of sulfonamides is 1. The van der Waals surface area contributed by atoms with E-state index in [0.29, 0.717) is 0 Å². The summed E-state index contributed by atoms with van der Waals surface area (Å²) in [4.78, 5) is 27.3. The molecule has 0 amide bonds. The van der Waals surface area contributed by atoms with E-state index in [1.807, 2.05) is 0 Å². The lowest BCUT2D eigenvalue weighted by Gasteiger charge is -2.16. The molecule has 0 radical (unpaired) electrons. The van der Waals surface area contributed by atoms with Crippen LogP contribution in [0.15, 0.2) is 38.8 Å². The van der Waals surface area contributed by atoms with Gasteiger partial charge in [0.2, 0.25) is 11.6 Å². The van der Waals surface area contributed by atoms with Crippen LogP contribution in [0.2, 0.25) is 0 Å². The van der Waals surface area contributed by atoms with Gasteiger partial charge >= 0.3 is 0 Å². The van der Waals surface area contributed by atoms with Gasteiger partial charge in [0.1, 0.15) is 4.91 Å². The molecule has 104 valence electrons. The Bertz CT molecular complexity index is 903. The fourth-order valence-corrected chi connectivity index (χ4v) is 2.71. The van der Waals surface area contributed by atoms with Gasteiger partial charge in [0, 0.05) is 19.9 Å². The number of carbonyl (C=O) groups excluding carboxylic acids is 2. The minimum atomic E-state index is -4.78. The van der Waals surface area contributed by atoms with Gasteiger partial charge in [0.05, 0.1) is 5.70 Å². The molecule has 11 heteroatoms. The third kappa shape index (κ3) is 2.23. The topological polar surface area (TPSA) is 166 Å². The summed E-state index contributed by atoms with van der Waals surface area (Å²) in [5.74, 6) is -2.50. The maximum atomic E-state index is 11.9. The van der Waals surface area contributed by atoms with E-state index in [1.165, 1.54) is 24.3 Å². The number of carbonyl (C=O) groups is 2. The van der Waals surface area contributed by atoms with Gasteiger partial charge in [0.15, 0.2) is 0 Å². The summed E-state index contributed by atoms with van der Waals surface area (Å²) in [5, 5.41) is 3.16. The number of azide groups is 2. The summed E-state index contributed by atoms with van der Waals surface area (Å²) in [6.07, 6.45) is 0. The molecule has 21 heavy (non-hydrogen) atoms. The van der Waals surface area contributed by atoms with Gasteiger partial charge in [-0.2, -0.15) is 0 Å². The van der Waals surface area contributed by atoms with Crippen LogP contribution in [-0.4, -0.2) is 20.0 Å². The quantitative estimate of drug-likeness (QED) is 0.361. The molecule has 0 fully saturated rings. The molecule has 1 aromatic carbocycles. The summed E-state index contributed by atoms with van der Waals surface area (Å²) in [7, 11) is -4.78. The zero-order valence-electron chi connectivity index (χ0n) is 10.0. The fraction of sp³-hybridized carbons (Fsp3) is 0. The first kappa shape index (κ1) is 14.3. The monoisotopic (exact) mass is 304 g/mol. The summed E-state index contributed by atoms with van der Waals surface area (Å²) >= 11 is 0. The number of hydrogen-bond acceptors (Lipinski definition) is 5. The normalized spacial score (nSPS) is 14.1. The van der Waals surface area contributed by atoms with Crippen LogP contribution in [0.1, 0.15) is 15.9 Å². The van der Waals surface area contributed by atoms with Crippen molar-refractivity contribution in [2.75, 3.05) is 0 Å². The van der Waals surface area contributed by atoms with Gasteiger partial charge in [-0.3, -0.25) is 9.59 Å². The van der Waals surface area contributed by atoms with Crippen molar-refractivity contribution in [1.29, 1.82) is 0 Å². The third-order valence-corrected chi connectivity index (χ3v) is 3.78. The molecule has 1 aliphatic carbocycles. The molecule has 1 aromatic rings. The SMILES string of the molecule is [N-]=[N+]=NC1=C(S(=O)(=O)N=[N+]=[N-])C(=O)C(=O)c2ccccc21. The van der Waals surface area contributed by atoms with E-state index in [9.17, 15) is 18.0 Å². The average molecular weight is 304 g/mol. The zero-order chi connectivity index (χ0) is 15.6. The predicted molar refractivity (Wildman–Crippen MR) is 69.9 cm³/mol. The molecular weight excluding hydrogens is 300 g/mol. The zero-order valence-corrected chi connectivity index (χ0v) is 10.9. The highest BCUT2D eigenvalue weighted by Gasteiger charge is 2.38. The van der Waals surface area contributed by atoms with Crippen LogP contribution in [0.5, 0.6) is 0 Å². The molecule has 0 unspecified atom stereocenters. The van der Waals surface area contributed by atoms with Crippen LogP contribution in [0.3, 0.4) is 0 Å². The van der Waals surface area contributed by atoms with Crippen molar-refractivity contribution in [3.8, 4) is 0 Å². The van der Waals surface area contributed by atoms with Crippen LogP contribution in [-0.2, 0) is 14.8 Å². The van der Waals surface area contributed by atoms with E-state index in [2.05, 4.69) is 19.5 Å². The Labute approximate surface area is 117 Å². The molecule has 10 nitrogen and oxygen atoms in total. The second-order valence-electron chi connectivity index (χ2n) is 3.72. The first-order valence-electron chi connectivity index (χ1n) is 5.23. The lowest BCUT2D eigenvalue weighted by atomic mass is 9.93. The van der Waals surface area contributed by atoms with Crippen molar-refractivity contribution >= 4 is 27.3 Å². The molecule has 0 saturated heterocycles. The maximum absolute atomic E-state index is 11.9. The van der Waals surface area contributed by atoms with Crippen LogP contribution < -0.4 is 0 Å². The Morgan fingerprint density at radius 2 is 1.57 bits per heavy atom. The van der Waals surface area contributed by atoms with Crippen molar-refractivity contribution in [3.05, 3.63) is 61.2 Å². The number of ketones is 2. The molecule has 0 aromatic heterocycles. The van der Waals surface area contributed by atoms with Gasteiger partial charge in [0.25, 0.3) is 10.0 Å². The molecule has 0 bridgehead atoms. The summed E-state index contributed by atoms with van der Waals surface area (Å²) < 4.78 is 26.1. The number of benzene rings is 1. The third-order valence-electron chi connectivity index (χ3n) is 2.60. The lowest BCUT2D eigenvalue weighted by molar-refractivity contribution is -0.111. The lowest BCUT2D eigenvalue weighted by Crippen LogP contribution is -2.27. The molecule has 2 rings (SSSR count). The highest BCUT2D eigenvalue weighted by Crippen LogP contribution is 2.33. The Morgan fingerprint density at radius 1 is 0.952 bits per heavy atom. The van der Waals surface area contributed by atoms with Crippen LogP contribution >= 0.6 is 0 Å². The Morgan fingerprint density at radius 3 is 2.14 bits per heavy atom. The van der Waals surface area contributed by atoms with Crippen molar-refractivity contribution in [2.45, 2.75) is 0 Å². The van der Waals surface area contributed by atoms with Gasteiger partial charge < -0.3 is 0 Å². The van der Waals surface area contributed by atoms with Gasteiger partial charge in [-0.1, -0.05) is 29.4 Å². The fourth-order valence-electron chi connectivity index (χ4n) is 1.82. The van der Waals surface area contributed by atoms with Crippen molar-refractivity contribution < 1.29 is 18.0 Å². The van der Waals surface area contributed by atoms with Crippen molar-refractivity contribution in [3.63, 3.8) is 0 Å². The first-order chi connectivity index (χ1) is 9.94. The van der Waals surface area contributed by atoms with Gasteiger partial charge in [-0.15, -0.1) is 0 Å². The maximum Gasteiger partial charge on any atom is 0.268 e. The predicted octanol–water partition coefficient (Wildman–Crippen LogP) is 2.07. The van der Waals surface area contributed by atoms with E-state index in [1.54, 1.807) is 0 Å². The average Bonchev–Trinajstić information content (AvgIpc) is 2.44. The van der Waals surface area contributed by atoms with Crippen molar-refractivity contribution in [1.82, 2.24) is 0 Å². The van der Waals surface area contributed by atoms with E-state index in [0.717, 1.165) is 0 Å². The number of allylic oxidation sites excluding steroid dienone is 1. The molecular formula is C10H4N6O4S. The number of hydrogen-bond donors (Lipinski definition) is 0. The Balaban J connectivity index is 2.98. The van der Waals surface area contributed by atoms with Crippen LogP contribution in [0, 0.1) is 0 Å². The molecule has 0 atom stereocenters. The molecule has 0 spiro atoms. The standard InChI is InChI=1S/C10H4N6O4S/c11-14-13-7-5-3-1-2-4-6(5)8(17)9(18)10(7)21(19,20)16-15-12/h1-4H. The summed E-state index contributed by atoms with van der Waals surface area (Å²) in [5.41, 5.74) is 16.1. The summed E-state index contributed by atoms with van der Waals surface area (Å²) in [6, 6.07) is 5.53. The Kier molecular flexibility index (Phi) is 3.47. The van der Waals surface area contributed by atoms with E-state index >= 15 is 0 Å². The highest BCUT2D eigenvalue weighted by molar-refractivity contribution is 7.95. The van der Waals surface area contributed by atoms with Gasteiger partial charge in [-0.05, 0) is 16.6 Å². The largest absolute Gasteiger partial charge is 0.285 e. The molecule has 0 N–H and O–H groups in total. The van der Waals surface area contributed by atoms with E-state index < -0.39 is 32.2 Å². The highest BCUT2D eigenvalue weighted by atomic mass is 32.2. The number of Topliss-reactive ketones (excluding diaryl/α,β-unsaturated/α-hetero) is 2. The second kappa shape index (κ2) is 5.10. The smallest absolute Gasteiger partial charge is 0.268 e. The number of rotatable bonds is 3. The molecule has 1 aliphatic rings.